The van der Waals surface area contributed by atoms with Gasteiger partial charge < -0.3 is 4.74 Å². The highest BCUT2D eigenvalue weighted by Crippen LogP contribution is 2.06. The maximum Gasteiger partial charge on any atom is 0.545 e. The zero-order valence-electron chi connectivity index (χ0n) is 7.55. The Morgan fingerprint density at radius 3 is 2.31 bits per heavy atom. The molecule has 90 valence electrons. The van der Waals surface area contributed by atoms with Gasteiger partial charge in [0.2, 0.25) is 0 Å². The van der Waals surface area contributed by atoms with E-state index in [-0.39, 0.29) is 5.75 Å². The molecule has 0 saturated heterocycles. The molecular weight excluding hydrogens is 246 g/mol. The molecule has 16 heavy (non-hydrogen) atoms. The maximum absolute atomic E-state index is 10.3. The van der Waals surface area contributed by atoms with Gasteiger partial charge in [-0.1, -0.05) is 0 Å². The molecule has 1 heterocycles. The molecule has 0 aromatic carbocycles. The van der Waals surface area contributed by atoms with E-state index in [1.807, 2.05) is 0 Å². The molecule has 0 atom stereocenters. The fraction of sp³-hybridized carbons (Fsp3) is 0. The number of aromatic nitrogens is 1. The van der Waals surface area contributed by atoms with Crippen molar-refractivity contribution in [2.24, 2.45) is 0 Å². The van der Waals surface area contributed by atoms with Gasteiger partial charge in [0, 0.05) is 6.20 Å². The van der Waals surface area contributed by atoms with E-state index in [1.54, 1.807) is 6.07 Å². The van der Waals surface area contributed by atoms with Crippen LogP contribution in [0, 0.1) is 0 Å². The van der Waals surface area contributed by atoms with Crippen molar-refractivity contribution < 1.29 is 37.2 Å². The lowest BCUT2D eigenvalue weighted by atomic mass is 10.5. The fourth-order valence-corrected chi connectivity index (χ4v) is 0.522. The summed E-state index contributed by atoms with van der Waals surface area (Å²) < 4.78 is 36.0. The van der Waals surface area contributed by atoms with E-state index in [0.29, 0.717) is 0 Å². The highest BCUT2D eigenvalue weighted by molar-refractivity contribution is 7.79. The molecule has 0 spiro atoms. The zero-order chi connectivity index (χ0) is 12.6. The molecule has 1 aromatic rings. The number of carbonyl (C=O) groups is 1. The van der Waals surface area contributed by atoms with Crippen LogP contribution in [0.1, 0.15) is 0 Å². The molecular formula is C6H7NO8S. The molecule has 0 fully saturated rings. The van der Waals surface area contributed by atoms with Crippen LogP contribution in [0.2, 0.25) is 0 Å². The van der Waals surface area contributed by atoms with E-state index >= 15 is 0 Å². The second-order valence-corrected chi connectivity index (χ2v) is 2.98. The van der Waals surface area contributed by atoms with Gasteiger partial charge >= 0.3 is 16.6 Å². The van der Waals surface area contributed by atoms with Gasteiger partial charge in [-0.05, 0) is 12.1 Å². The average molecular weight is 253 g/mol. The van der Waals surface area contributed by atoms with Crippen molar-refractivity contribution >= 4 is 16.6 Å². The van der Waals surface area contributed by atoms with Crippen LogP contribution in [0.4, 0.5) is 4.79 Å². The van der Waals surface area contributed by atoms with Crippen LogP contribution in [0.5, 0.6) is 5.75 Å². The summed E-state index contributed by atoms with van der Waals surface area (Å²) in [7, 11) is -4.67. The van der Waals surface area contributed by atoms with E-state index in [2.05, 4.69) is 14.6 Å². The number of hydrogen-bond donors (Lipinski definition) is 3. The molecule has 0 bridgehead atoms. The van der Waals surface area contributed by atoms with Gasteiger partial charge in [0.1, 0.15) is 0 Å². The minimum absolute atomic E-state index is 0.214. The van der Waals surface area contributed by atoms with Gasteiger partial charge in [0.15, 0.2) is 5.75 Å². The van der Waals surface area contributed by atoms with Crippen molar-refractivity contribution in [1.82, 2.24) is 4.98 Å². The van der Waals surface area contributed by atoms with Crippen molar-refractivity contribution in [3.8, 4) is 5.75 Å². The standard InChI is InChI=1S/C6H5NO4.H2O4S/c8-6(11-9)10-5-2-1-3-7-4-5;1-5(2,3)4/h1-4,9H;(H2,1,2,3,4). The minimum Gasteiger partial charge on any atom is -0.391 e. The topological polar surface area (TPSA) is 143 Å². The van der Waals surface area contributed by atoms with E-state index in [4.69, 9.17) is 22.8 Å². The Bertz CT molecular complexity index is 407. The van der Waals surface area contributed by atoms with E-state index in [0.717, 1.165) is 0 Å². The number of hydrogen-bond acceptors (Lipinski definition) is 7. The Hall–Kier alpha value is -1.75. The van der Waals surface area contributed by atoms with Gasteiger partial charge in [0.05, 0.1) is 6.20 Å². The van der Waals surface area contributed by atoms with Gasteiger partial charge in [-0.2, -0.15) is 13.7 Å². The summed E-state index contributed by atoms with van der Waals surface area (Å²) in [6, 6.07) is 3.09. The predicted molar refractivity (Wildman–Crippen MR) is 48.2 cm³/mol. The fourth-order valence-electron chi connectivity index (χ4n) is 0.522. The molecule has 0 aliphatic rings. The van der Waals surface area contributed by atoms with Gasteiger partial charge in [-0.3, -0.25) is 19.0 Å². The predicted octanol–water partition coefficient (Wildman–Crippen LogP) is 0.417. The van der Waals surface area contributed by atoms with Gasteiger partial charge in [-0.25, -0.2) is 4.79 Å². The van der Waals surface area contributed by atoms with Crippen LogP contribution in [-0.4, -0.2) is 33.9 Å². The van der Waals surface area contributed by atoms with Gasteiger partial charge in [0.25, 0.3) is 0 Å². The number of nitrogens with zero attached hydrogens (tertiary/aromatic N) is 1. The summed E-state index contributed by atoms with van der Waals surface area (Å²) >= 11 is 0. The van der Waals surface area contributed by atoms with E-state index in [9.17, 15) is 4.79 Å². The van der Waals surface area contributed by atoms with Gasteiger partial charge in [-0.15, -0.1) is 0 Å². The number of carbonyl (C=O) groups excluding carboxylic acids is 1. The number of pyridine rings is 1. The average Bonchev–Trinajstić information content (AvgIpc) is 2.16. The summed E-state index contributed by atoms with van der Waals surface area (Å²) in [6.07, 6.45) is 1.66. The smallest absolute Gasteiger partial charge is 0.391 e. The largest absolute Gasteiger partial charge is 0.545 e. The lowest BCUT2D eigenvalue weighted by Gasteiger charge is -1.97. The van der Waals surface area contributed by atoms with E-state index < -0.39 is 16.6 Å². The quantitative estimate of drug-likeness (QED) is 0.280. The molecule has 0 amide bonds. The Morgan fingerprint density at radius 2 is 1.94 bits per heavy atom. The third kappa shape index (κ3) is 10.3. The Balaban J connectivity index is 0.000000385. The molecule has 10 heteroatoms. The molecule has 9 nitrogen and oxygen atoms in total. The van der Waals surface area contributed by atoms with Crippen LogP contribution in [0.3, 0.4) is 0 Å². The monoisotopic (exact) mass is 253 g/mol. The zero-order valence-corrected chi connectivity index (χ0v) is 8.36. The van der Waals surface area contributed by atoms with Crippen molar-refractivity contribution in [2.75, 3.05) is 0 Å². The lowest BCUT2D eigenvalue weighted by Crippen LogP contribution is -2.07. The summed E-state index contributed by atoms with van der Waals surface area (Å²) in [4.78, 5) is 17.2. The first kappa shape index (κ1) is 14.2. The highest BCUT2D eigenvalue weighted by atomic mass is 32.3. The molecule has 0 aliphatic heterocycles. The van der Waals surface area contributed by atoms with Crippen molar-refractivity contribution in [2.45, 2.75) is 0 Å². The normalized spacial score (nSPS) is 9.69. The molecule has 0 unspecified atom stereocenters. The number of rotatable bonds is 1. The first-order valence-corrected chi connectivity index (χ1v) is 4.85. The number of ether oxygens (including phenoxy) is 1. The highest BCUT2D eigenvalue weighted by Gasteiger charge is 2.03. The van der Waals surface area contributed by atoms with Crippen molar-refractivity contribution in [3.05, 3.63) is 24.5 Å². The minimum atomic E-state index is -4.67. The third-order valence-corrected chi connectivity index (χ3v) is 0.910. The second-order valence-electron chi connectivity index (χ2n) is 2.08. The Morgan fingerprint density at radius 1 is 1.38 bits per heavy atom. The molecule has 1 rings (SSSR count). The first-order chi connectivity index (χ1) is 7.33. The molecule has 0 aliphatic carbocycles. The van der Waals surface area contributed by atoms with Crippen LogP contribution in [-0.2, 0) is 15.3 Å². The maximum atomic E-state index is 10.3. The SMILES string of the molecule is O=C(OO)Oc1cccnc1.O=S(=O)(O)O. The second kappa shape index (κ2) is 6.68. The Labute approximate surface area is 89.8 Å². The van der Waals surface area contributed by atoms with Crippen LogP contribution >= 0.6 is 0 Å². The van der Waals surface area contributed by atoms with Crippen LogP contribution in [0.15, 0.2) is 24.5 Å². The summed E-state index contributed by atoms with van der Waals surface area (Å²) in [6.45, 7) is 0. The Kier molecular flexibility index (Phi) is 5.95. The first-order valence-electron chi connectivity index (χ1n) is 3.46. The van der Waals surface area contributed by atoms with Crippen molar-refractivity contribution in [1.29, 1.82) is 0 Å². The molecule has 0 saturated carbocycles. The van der Waals surface area contributed by atoms with Crippen LogP contribution < -0.4 is 4.74 Å². The third-order valence-electron chi connectivity index (χ3n) is 0.910. The van der Waals surface area contributed by atoms with Crippen LogP contribution in [0.25, 0.3) is 0 Å². The lowest BCUT2D eigenvalue weighted by molar-refractivity contribution is -0.191. The molecule has 3 N–H and O–H groups in total. The summed E-state index contributed by atoms with van der Waals surface area (Å²) in [5.74, 6) is 0.214. The van der Waals surface area contributed by atoms with E-state index in [1.165, 1.54) is 18.5 Å². The van der Waals surface area contributed by atoms with Crippen molar-refractivity contribution in [3.63, 3.8) is 0 Å². The summed E-state index contributed by atoms with van der Waals surface area (Å²) in [5.41, 5.74) is 0. The molecule has 0 radical (unpaired) electrons. The summed E-state index contributed by atoms with van der Waals surface area (Å²) in [5, 5.41) is 7.80. The molecule has 1 aromatic heterocycles.